The highest BCUT2D eigenvalue weighted by atomic mass is 16.3. The highest BCUT2D eigenvalue weighted by molar-refractivity contribution is 5.93. The minimum absolute atomic E-state index is 0.0549. The fraction of sp³-hybridized carbons (Fsp3) is 0.429. The molecule has 2 N–H and O–H groups in total. The van der Waals surface area contributed by atoms with Gasteiger partial charge in [0.1, 0.15) is 11.3 Å². The van der Waals surface area contributed by atoms with E-state index in [-0.39, 0.29) is 18.6 Å². The molecule has 1 unspecified atom stereocenters. The summed E-state index contributed by atoms with van der Waals surface area (Å²) in [6.45, 7) is 4.06. The predicted molar refractivity (Wildman–Crippen MR) is 73.0 cm³/mol. The molecule has 0 aliphatic heterocycles. The zero-order chi connectivity index (χ0) is 13.8. The highest BCUT2D eigenvalue weighted by Crippen LogP contribution is 2.08. The van der Waals surface area contributed by atoms with E-state index in [1.807, 2.05) is 18.2 Å². The molecule has 5 heteroatoms. The molecule has 2 rings (SSSR count). The van der Waals surface area contributed by atoms with Crippen molar-refractivity contribution in [3.8, 4) is 0 Å². The van der Waals surface area contributed by atoms with Crippen LogP contribution in [0.2, 0.25) is 0 Å². The van der Waals surface area contributed by atoms with E-state index in [0.29, 0.717) is 11.6 Å². The van der Waals surface area contributed by atoms with Gasteiger partial charge in [-0.2, -0.15) is 0 Å². The third-order valence-corrected chi connectivity index (χ3v) is 2.96. The van der Waals surface area contributed by atoms with Crippen LogP contribution in [-0.4, -0.2) is 33.0 Å². The lowest BCUT2D eigenvalue weighted by Gasteiger charge is -2.17. The molecule has 0 radical (unpaired) electrons. The molecule has 2 aromatic heterocycles. The van der Waals surface area contributed by atoms with Crippen LogP contribution in [0.4, 0.5) is 0 Å². The van der Waals surface area contributed by atoms with Gasteiger partial charge in [0.2, 0.25) is 0 Å². The Kier molecular flexibility index (Phi) is 4.16. The Morgan fingerprint density at radius 2 is 2.26 bits per heavy atom. The molecule has 5 nitrogen and oxygen atoms in total. The second-order valence-corrected chi connectivity index (χ2v) is 5.05. The summed E-state index contributed by atoms with van der Waals surface area (Å²) in [6, 6.07) is 5.35. The summed E-state index contributed by atoms with van der Waals surface area (Å²) in [7, 11) is 0. The molecule has 1 atom stereocenters. The fourth-order valence-corrected chi connectivity index (χ4v) is 2.11. The lowest BCUT2D eigenvalue weighted by Crippen LogP contribution is -2.38. The molecular formula is C14H19N3O2. The topological polar surface area (TPSA) is 66.6 Å². The van der Waals surface area contributed by atoms with Crippen molar-refractivity contribution in [2.75, 3.05) is 6.61 Å². The summed E-state index contributed by atoms with van der Waals surface area (Å²) >= 11 is 0. The lowest BCUT2D eigenvalue weighted by molar-refractivity contribution is 0.0902. The van der Waals surface area contributed by atoms with E-state index in [0.717, 1.165) is 12.1 Å². The highest BCUT2D eigenvalue weighted by Gasteiger charge is 2.17. The Balaban J connectivity index is 2.15. The summed E-state index contributed by atoms with van der Waals surface area (Å²) in [4.78, 5) is 16.4. The Hall–Kier alpha value is -1.88. The first-order valence-corrected chi connectivity index (χ1v) is 6.45. The number of pyridine rings is 1. The molecule has 1 amide bonds. The van der Waals surface area contributed by atoms with E-state index in [1.54, 1.807) is 16.8 Å². The maximum absolute atomic E-state index is 12.2. The molecule has 0 spiro atoms. The first kappa shape index (κ1) is 13.5. The van der Waals surface area contributed by atoms with Crippen LogP contribution in [0.5, 0.6) is 0 Å². The number of nitrogens with zero attached hydrogens (tertiary/aromatic N) is 2. The van der Waals surface area contributed by atoms with Crippen LogP contribution in [0.3, 0.4) is 0 Å². The van der Waals surface area contributed by atoms with Crippen LogP contribution in [0.1, 0.15) is 30.8 Å². The average Bonchev–Trinajstić information content (AvgIpc) is 2.81. The summed E-state index contributed by atoms with van der Waals surface area (Å²) in [6.07, 6.45) is 4.10. The molecule has 2 aromatic rings. The van der Waals surface area contributed by atoms with E-state index >= 15 is 0 Å². The van der Waals surface area contributed by atoms with Gasteiger partial charge in [0.25, 0.3) is 5.91 Å². The lowest BCUT2D eigenvalue weighted by atomic mass is 10.0. The van der Waals surface area contributed by atoms with Crippen molar-refractivity contribution in [2.24, 2.45) is 5.92 Å². The number of imidazole rings is 1. The Bertz CT molecular complexity index is 563. The number of amides is 1. The van der Waals surface area contributed by atoms with Crippen molar-refractivity contribution in [1.29, 1.82) is 0 Å². The molecule has 0 fully saturated rings. The molecule has 19 heavy (non-hydrogen) atoms. The van der Waals surface area contributed by atoms with Gasteiger partial charge in [0.15, 0.2) is 0 Å². The number of hydrogen-bond donors (Lipinski definition) is 2. The second kappa shape index (κ2) is 5.84. The van der Waals surface area contributed by atoms with Gasteiger partial charge >= 0.3 is 0 Å². The average molecular weight is 261 g/mol. The van der Waals surface area contributed by atoms with Crippen LogP contribution in [0, 0.1) is 5.92 Å². The van der Waals surface area contributed by atoms with E-state index in [9.17, 15) is 9.90 Å². The maximum Gasteiger partial charge on any atom is 0.270 e. The van der Waals surface area contributed by atoms with E-state index < -0.39 is 0 Å². The normalized spacial score (nSPS) is 12.8. The third kappa shape index (κ3) is 3.12. The van der Waals surface area contributed by atoms with Crippen LogP contribution >= 0.6 is 0 Å². The van der Waals surface area contributed by atoms with E-state index in [4.69, 9.17) is 0 Å². The number of rotatable bonds is 5. The van der Waals surface area contributed by atoms with Crippen molar-refractivity contribution in [2.45, 2.75) is 26.3 Å². The van der Waals surface area contributed by atoms with Crippen LogP contribution in [0.15, 0.2) is 30.6 Å². The number of aliphatic hydroxyl groups excluding tert-OH is 1. The summed E-state index contributed by atoms with van der Waals surface area (Å²) in [5.41, 5.74) is 1.22. The van der Waals surface area contributed by atoms with Crippen LogP contribution < -0.4 is 5.32 Å². The second-order valence-electron chi connectivity index (χ2n) is 5.05. The minimum Gasteiger partial charge on any atom is -0.394 e. The predicted octanol–water partition coefficient (Wildman–Crippen LogP) is 1.47. The molecule has 0 saturated carbocycles. The molecule has 0 aliphatic carbocycles. The molecule has 0 aromatic carbocycles. The number of aliphatic hydroxyl groups is 1. The number of hydrogen-bond acceptors (Lipinski definition) is 3. The Morgan fingerprint density at radius 1 is 1.47 bits per heavy atom. The molecule has 102 valence electrons. The van der Waals surface area contributed by atoms with Gasteiger partial charge in [0.05, 0.1) is 18.8 Å². The molecule has 0 bridgehead atoms. The third-order valence-electron chi connectivity index (χ3n) is 2.96. The van der Waals surface area contributed by atoms with Crippen molar-refractivity contribution >= 4 is 11.6 Å². The number of carbonyl (C=O) groups excluding carboxylic acids is 1. The Morgan fingerprint density at radius 3 is 2.95 bits per heavy atom. The van der Waals surface area contributed by atoms with Gasteiger partial charge in [0, 0.05) is 6.20 Å². The van der Waals surface area contributed by atoms with Crippen LogP contribution in [0.25, 0.3) is 5.65 Å². The SMILES string of the molecule is CC(C)CC(CO)NC(=O)c1cnc2ccccn12. The smallest absolute Gasteiger partial charge is 0.270 e. The molecule has 0 saturated heterocycles. The van der Waals surface area contributed by atoms with Crippen molar-refractivity contribution in [3.63, 3.8) is 0 Å². The standard InChI is InChI=1S/C14H19N3O2/c1-10(2)7-11(9-18)16-14(19)12-8-15-13-5-3-4-6-17(12)13/h3-6,8,10-11,18H,7,9H2,1-2H3,(H,16,19). The van der Waals surface area contributed by atoms with Crippen LogP contribution in [-0.2, 0) is 0 Å². The number of nitrogens with one attached hydrogen (secondary N) is 1. The summed E-state index contributed by atoms with van der Waals surface area (Å²) in [5, 5.41) is 12.1. The van der Waals surface area contributed by atoms with Gasteiger partial charge in [-0.05, 0) is 24.5 Å². The zero-order valence-corrected chi connectivity index (χ0v) is 11.2. The first-order valence-electron chi connectivity index (χ1n) is 6.45. The van der Waals surface area contributed by atoms with Gasteiger partial charge in [-0.3, -0.25) is 9.20 Å². The fourth-order valence-electron chi connectivity index (χ4n) is 2.11. The van der Waals surface area contributed by atoms with Gasteiger partial charge in [-0.15, -0.1) is 0 Å². The largest absolute Gasteiger partial charge is 0.394 e. The van der Waals surface area contributed by atoms with E-state index in [2.05, 4.69) is 24.1 Å². The van der Waals surface area contributed by atoms with Crippen molar-refractivity contribution in [1.82, 2.24) is 14.7 Å². The monoisotopic (exact) mass is 261 g/mol. The van der Waals surface area contributed by atoms with Gasteiger partial charge < -0.3 is 10.4 Å². The minimum atomic E-state index is -0.221. The quantitative estimate of drug-likeness (QED) is 0.856. The number of carbonyl (C=O) groups is 1. The molecule has 2 heterocycles. The first-order chi connectivity index (χ1) is 9.11. The van der Waals surface area contributed by atoms with Crippen molar-refractivity contribution in [3.05, 3.63) is 36.3 Å². The number of fused-ring (bicyclic) bond motifs is 1. The van der Waals surface area contributed by atoms with E-state index in [1.165, 1.54) is 0 Å². The number of aromatic nitrogens is 2. The maximum atomic E-state index is 12.2. The zero-order valence-electron chi connectivity index (χ0n) is 11.2. The van der Waals surface area contributed by atoms with Crippen molar-refractivity contribution < 1.29 is 9.90 Å². The van der Waals surface area contributed by atoms with Gasteiger partial charge in [-0.1, -0.05) is 19.9 Å². The summed E-state index contributed by atoms with van der Waals surface area (Å²) in [5.74, 6) is 0.207. The summed E-state index contributed by atoms with van der Waals surface area (Å²) < 4.78 is 1.74. The Labute approximate surface area is 112 Å². The van der Waals surface area contributed by atoms with Gasteiger partial charge in [-0.25, -0.2) is 4.98 Å². The molecule has 0 aliphatic rings. The molecular weight excluding hydrogens is 242 g/mol.